The number of fused-ring (bicyclic) bond motifs is 8. The number of benzene rings is 3. The summed E-state index contributed by atoms with van der Waals surface area (Å²) in [5, 5.41) is 0. The Balaban J connectivity index is 0.847. The van der Waals surface area contributed by atoms with E-state index in [1.807, 2.05) is 42.5 Å². The molecule has 3 saturated carbocycles. The highest BCUT2D eigenvalue weighted by Crippen LogP contribution is 2.70. The normalized spacial score (nSPS) is 43.4. The van der Waals surface area contributed by atoms with E-state index in [9.17, 15) is 9.59 Å². The van der Waals surface area contributed by atoms with Gasteiger partial charge in [0.1, 0.15) is 12.2 Å². The summed E-state index contributed by atoms with van der Waals surface area (Å²) in [4.78, 5) is 27.9. The van der Waals surface area contributed by atoms with Crippen molar-refractivity contribution >= 4 is 11.9 Å². The smallest absolute Gasteiger partial charge is 0.338 e. The van der Waals surface area contributed by atoms with Gasteiger partial charge in [-0.05, 0) is 116 Å². The van der Waals surface area contributed by atoms with E-state index in [1.165, 1.54) is 24.8 Å². The zero-order chi connectivity index (χ0) is 43.8. The summed E-state index contributed by atoms with van der Waals surface area (Å²) < 4.78 is 53.1. The molecule has 10 heteroatoms. The average Bonchev–Trinajstić information content (AvgIpc) is 3.77. The number of esters is 2. The summed E-state index contributed by atoms with van der Waals surface area (Å²) in [5.41, 5.74) is 3.35. The monoisotopic (exact) mass is 872 g/mol. The number of carbonyl (C=O) groups excluding carboxylic acids is 2. The predicted molar refractivity (Wildman–Crippen MR) is 237 cm³/mol. The maximum Gasteiger partial charge on any atom is 0.338 e. The lowest BCUT2D eigenvalue weighted by molar-refractivity contribution is -0.365. The van der Waals surface area contributed by atoms with Crippen molar-refractivity contribution < 1.29 is 47.5 Å². The number of hydrogen-bond acceptors (Lipinski definition) is 10. The number of rotatable bonds is 7. The second kappa shape index (κ2) is 16.8. The second-order valence-corrected chi connectivity index (χ2v) is 21.0. The minimum Gasteiger partial charge on any atom is -0.452 e. The van der Waals surface area contributed by atoms with Crippen LogP contribution >= 0.6 is 0 Å². The Kier molecular flexibility index (Phi) is 11.2. The molecule has 4 heterocycles. The minimum absolute atomic E-state index is 0.0705. The topological polar surface area (TPSA) is 108 Å². The van der Waals surface area contributed by atoms with E-state index in [-0.39, 0.29) is 29.6 Å². The van der Waals surface area contributed by atoms with Crippen LogP contribution in [0.25, 0.3) is 0 Å². The van der Waals surface area contributed by atoms with Crippen molar-refractivity contribution in [3.63, 3.8) is 0 Å². The first-order valence-electron chi connectivity index (χ1n) is 24.2. The van der Waals surface area contributed by atoms with Gasteiger partial charge in [-0.25, -0.2) is 9.59 Å². The fraction of sp³-hybridized carbons (Fsp3) is 0.593. The van der Waals surface area contributed by atoms with Crippen LogP contribution in [0.2, 0.25) is 0 Å². The molecule has 4 aliphatic heterocycles. The van der Waals surface area contributed by atoms with Gasteiger partial charge in [0.05, 0.1) is 36.5 Å². The largest absolute Gasteiger partial charge is 0.452 e. The molecule has 0 radical (unpaired) electrons. The van der Waals surface area contributed by atoms with Crippen LogP contribution in [0, 0.1) is 46.3 Å². The van der Waals surface area contributed by atoms with Crippen LogP contribution in [0.4, 0.5) is 0 Å². The first kappa shape index (κ1) is 42.7. The molecule has 0 unspecified atom stereocenters. The quantitative estimate of drug-likeness (QED) is 0.168. The summed E-state index contributed by atoms with van der Waals surface area (Å²) in [6.45, 7) is 10.8. The number of allylic oxidation sites excluding steroid dienone is 1. The van der Waals surface area contributed by atoms with E-state index in [4.69, 9.17) is 37.9 Å². The van der Waals surface area contributed by atoms with Crippen LogP contribution in [-0.4, -0.2) is 73.9 Å². The first-order chi connectivity index (χ1) is 31.0. The van der Waals surface area contributed by atoms with Gasteiger partial charge in [-0.2, -0.15) is 0 Å². The zero-order valence-corrected chi connectivity index (χ0v) is 37.7. The molecule has 3 aromatic rings. The predicted octanol–water partition coefficient (Wildman–Crippen LogP) is 10.0. The SMILES string of the molecule is C[C@@H]1CC[C@@]2(OC1)O[C@H]1C[C@H]3[C@@H]4CC=C5C[C@@H](O[C@@H]6O[C@@H]7CO[C@@H](c8ccccc8)O[C@H]7[C@H](OC(=O)c7ccccc7)[C@H]6OC(=O)c6ccccc6)CC[C@]5(C)[C@H]4CC[C@]3(C)[C@H]1[C@@H]2C. The van der Waals surface area contributed by atoms with E-state index in [0.29, 0.717) is 46.6 Å². The number of hydrogen-bond donors (Lipinski definition) is 0. The molecule has 17 atom stereocenters. The third-order valence-corrected chi connectivity index (χ3v) is 17.5. The molecule has 0 aromatic heterocycles. The van der Waals surface area contributed by atoms with Gasteiger partial charge in [0.25, 0.3) is 0 Å². The fourth-order valence-electron chi connectivity index (χ4n) is 14.2. The molecule has 64 heavy (non-hydrogen) atoms. The molecule has 11 rings (SSSR count). The second-order valence-electron chi connectivity index (χ2n) is 21.0. The molecule has 4 saturated heterocycles. The highest BCUT2D eigenvalue weighted by molar-refractivity contribution is 5.90. The molecule has 0 N–H and O–H groups in total. The van der Waals surface area contributed by atoms with Crippen LogP contribution in [0.1, 0.15) is 118 Å². The summed E-state index contributed by atoms with van der Waals surface area (Å²) in [6.07, 6.45) is 6.58. The van der Waals surface area contributed by atoms with Gasteiger partial charge in [-0.3, -0.25) is 0 Å². The first-order valence-corrected chi connectivity index (χ1v) is 24.2. The summed E-state index contributed by atoms with van der Waals surface area (Å²) in [7, 11) is 0. The standard InChI is InChI=1S/C54H64O10/c1-32-22-27-54(58-30-32)33(2)44-42(64-54)29-41-39-21-20-37-28-38(23-25-52(37,3)40(39)24-26-53(41,44)4)59-51-47(62-49(56)35-16-10-6-11-17-35)46(61-48(55)34-14-8-5-9-15-34)45-43(60-51)31-57-50(63-45)36-18-12-7-13-19-36/h5-20,32-33,38-47,50-51H,21-31H2,1-4H3/t32-,33+,38+,39-,40+,41+,42+,43-,44+,45-,46+,47-,50-,51-,52+,53+,54-/m1/s1. The van der Waals surface area contributed by atoms with Crippen molar-refractivity contribution in [3.8, 4) is 0 Å². The number of ether oxygens (including phenoxy) is 8. The Labute approximate surface area is 377 Å². The molecular weight excluding hydrogens is 809 g/mol. The van der Waals surface area contributed by atoms with Crippen molar-refractivity contribution in [1.82, 2.24) is 0 Å². The molecular formula is C54H64O10. The Morgan fingerprint density at radius 3 is 2.09 bits per heavy atom. The van der Waals surface area contributed by atoms with E-state index < -0.39 is 54.7 Å². The van der Waals surface area contributed by atoms with Gasteiger partial charge in [0.2, 0.25) is 0 Å². The summed E-state index contributed by atoms with van der Waals surface area (Å²) >= 11 is 0. The third-order valence-electron chi connectivity index (χ3n) is 17.5. The van der Waals surface area contributed by atoms with E-state index >= 15 is 0 Å². The molecule has 3 aromatic carbocycles. The molecule has 8 aliphatic rings. The third kappa shape index (κ3) is 7.30. The number of carbonyl (C=O) groups is 2. The Morgan fingerprint density at radius 2 is 1.41 bits per heavy atom. The zero-order valence-electron chi connectivity index (χ0n) is 37.7. The van der Waals surface area contributed by atoms with Crippen molar-refractivity contribution in [1.29, 1.82) is 0 Å². The average molecular weight is 873 g/mol. The highest BCUT2D eigenvalue weighted by Gasteiger charge is 2.69. The van der Waals surface area contributed by atoms with Gasteiger partial charge in [0, 0.05) is 17.9 Å². The van der Waals surface area contributed by atoms with Crippen LogP contribution in [0.15, 0.2) is 103 Å². The van der Waals surface area contributed by atoms with Crippen LogP contribution in [-0.2, 0) is 37.9 Å². The van der Waals surface area contributed by atoms with Gasteiger partial charge in [0.15, 0.2) is 30.6 Å². The summed E-state index contributed by atoms with van der Waals surface area (Å²) in [5.74, 6) is 1.87. The maximum atomic E-state index is 14.0. The van der Waals surface area contributed by atoms with Crippen molar-refractivity contribution in [2.45, 2.75) is 140 Å². The Hall–Kier alpha value is -3.90. The van der Waals surface area contributed by atoms with Crippen molar-refractivity contribution in [3.05, 3.63) is 119 Å². The lowest BCUT2D eigenvalue weighted by Crippen LogP contribution is -2.64. The van der Waals surface area contributed by atoms with Crippen LogP contribution in [0.5, 0.6) is 0 Å². The maximum absolute atomic E-state index is 14.0. The van der Waals surface area contributed by atoms with E-state index in [1.54, 1.807) is 48.5 Å². The summed E-state index contributed by atoms with van der Waals surface area (Å²) in [6, 6.07) is 27.3. The van der Waals surface area contributed by atoms with Gasteiger partial charge < -0.3 is 37.9 Å². The molecule has 340 valence electrons. The highest BCUT2D eigenvalue weighted by atomic mass is 16.8. The van der Waals surface area contributed by atoms with Crippen LogP contribution in [0.3, 0.4) is 0 Å². The lowest BCUT2D eigenvalue weighted by atomic mass is 9.47. The minimum atomic E-state index is -1.14. The fourth-order valence-corrected chi connectivity index (χ4v) is 14.2. The molecule has 1 spiro atoms. The molecule has 4 aliphatic carbocycles. The van der Waals surface area contributed by atoms with Crippen molar-refractivity contribution in [2.75, 3.05) is 13.2 Å². The molecule has 0 bridgehead atoms. The van der Waals surface area contributed by atoms with E-state index in [2.05, 4.69) is 33.8 Å². The van der Waals surface area contributed by atoms with Gasteiger partial charge >= 0.3 is 11.9 Å². The Bertz CT molecular complexity index is 2190. The van der Waals surface area contributed by atoms with Crippen LogP contribution < -0.4 is 0 Å². The van der Waals surface area contributed by atoms with E-state index in [0.717, 1.165) is 50.7 Å². The molecule has 0 amide bonds. The Morgan fingerprint density at radius 1 is 0.719 bits per heavy atom. The molecule has 7 fully saturated rings. The molecule has 10 nitrogen and oxygen atoms in total. The van der Waals surface area contributed by atoms with Crippen molar-refractivity contribution in [2.24, 2.45) is 46.3 Å². The lowest BCUT2D eigenvalue weighted by Gasteiger charge is -2.58. The van der Waals surface area contributed by atoms with Gasteiger partial charge in [-0.15, -0.1) is 0 Å². The van der Waals surface area contributed by atoms with Gasteiger partial charge in [-0.1, -0.05) is 106 Å².